The maximum absolute atomic E-state index is 10.6. The zero-order chi connectivity index (χ0) is 47.0. The molecule has 11 heteroatoms. The summed E-state index contributed by atoms with van der Waals surface area (Å²) in [4.78, 5) is 22.3. The van der Waals surface area contributed by atoms with Crippen LogP contribution >= 0.6 is 0 Å². The number of hydrogen-bond acceptors (Lipinski definition) is 9. The number of unbranched alkanes of at least 4 members (excludes halogenated alkanes) is 4. The highest BCUT2D eigenvalue weighted by atomic mass is 16.5. The minimum Gasteiger partial charge on any atom is -0.494 e. The predicted molar refractivity (Wildman–Crippen MR) is 251 cm³/mol. The molecule has 0 aromatic heterocycles. The summed E-state index contributed by atoms with van der Waals surface area (Å²) in [6.45, 7) is 36.8. The lowest BCUT2D eigenvalue weighted by atomic mass is 9.96. The molecule has 0 unspecified atom stereocenters. The fraction of sp³-hybridized carbons (Fsp3) is 0.442. The van der Waals surface area contributed by atoms with E-state index in [4.69, 9.17) is 33.1 Å². The molecule has 4 rings (SSSR count). The normalized spacial score (nSPS) is 14.1. The molecule has 0 aliphatic carbocycles. The van der Waals surface area contributed by atoms with Crippen LogP contribution in [0.1, 0.15) is 130 Å². The van der Waals surface area contributed by atoms with E-state index in [-0.39, 0.29) is 34.1 Å². The smallest absolute Gasteiger partial charge is 0.237 e. The van der Waals surface area contributed by atoms with Gasteiger partial charge in [0.15, 0.2) is 22.7 Å². The Morgan fingerprint density at radius 3 is 1.32 bits per heavy atom. The van der Waals surface area contributed by atoms with Gasteiger partial charge in [-0.15, -0.1) is 0 Å². The number of aldehydes is 1. The maximum Gasteiger partial charge on any atom is 0.237 e. The molecule has 0 N–H and O–H groups in total. The predicted octanol–water partition coefficient (Wildman–Crippen LogP) is 12.6. The third-order valence-corrected chi connectivity index (χ3v) is 10.7. The van der Waals surface area contributed by atoms with Gasteiger partial charge in [-0.1, -0.05) is 77.7 Å². The molecule has 0 bridgehead atoms. The van der Waals surface area contributed by atoms with E-state index >= 15 is 0 Å². The van der Waals surface area contributed by atoms with Crippen molar-refractivity contribution in [1.82, 2.24) is 0 Å². The van der Waals surface area contributed by atoms with Crippen molar-refractivity contribution in [3.05, 3.63) is 134 Å². The third-order valence-electron chi connectivity index (χ3n) is 10.7. The molecule has 0 spiro atoms. The topological polar surface area (TPSA) is 146 Å². The van der Waals surface area contributed by atoms with Crippen LogP contribution in [0.2, 0.25) is 0 Å². The van der Waals surface area contributed by atoms with Gasteiger partial charge in [0.2, 0.25) is 11.4 Å². The number of carbonyl (C=O) groups is 1. The lowest BCUT2D eigenvalue weighted by Gasteiger charge is -2.24. The standard InChI is InChI=1S/C26H30N4O.C15H23NO.C11H9N3O/c1-6-8-16-30(17-9-7-2)22-13-10-20(11-14-22)12-15-23-24(29-5)25(21(18-27)19-28)31-26(23,3)4;1-3-5-11-16(12-6-4-2)15-9-7-14(13-17)8-10-15;1-7-9(14-4)10(8(5-12)6-13)15-11(7,2)3/h10-15H,6-9,16-17H2,1-4H3;7-10,13H,3-6,11-12H2,1-2H3;1-3H3/b15-12+;;. The number of nitriles is 4. The molecule has 0 saturated heterocycles. The Hall–Kier alpha value is -7.05. The molecule has 0 saturated carbocycles. The molecule has 0 fully saturated rings. The van der Waals surface area contributed by atoms with Crippen LogP contribution in [0.15, 0.2) is 99.8 Å². The number of benzene rings is 2. The number of rotatable bonds is 17. The van der Waals surface area contributed by atoms with Gasteiger partial charge in [0, 0.05) is 48.7 Å². The van der Waals surface area contributed by atoms with Gasteiger partial charge in [0.05, 0.1) is 13.1 Å². The Kier molecular flexibility index (Phi) is 21.8. The van der Waals surface area contributed by atoms with Crippen LogP contribution in [0.25, 0.3) is 15.8 Å². The molecular formula is C52H62N8O3. The largest absolute Gasteiger partial charge is 0.494 e. The van der Waals surface area contributed by atoms with E-state index in [2.05, 4.69) is 83.6 Å². The van der Waals surface area contributed by atoms with E-state index < -0.39 is 11.2 Å². The van der Waals surface area contributed by atoms with Crippen LogP contribution in [0.3, 0.4) is 0 Å². The van der Waals surface area contributed by atoms with E-state index in [9.17, 15) is 15.3 Å². The monoisotopic (exact) mass is 846 g/mol. The highest BCUT2D eigenvalue weighted by Gasteiger charge is 2.39. The van der Waals surface area contributed by atoms with Crippen molar-refractivity contribution in [3.8, 4) is 24.3 Å². The van der Waals surface area contributed by atoms with Crippen LogP contribution in [0.4, 0.5) is 11.4 Å². The van der Waals surface area contributed by atoms with E-state index in [0.717, 1.165) is 49.2 Å². The lowest BCUT2D eigenvalue weighted by Crippen LogP contribution is -2.25. The van der Waals surface area contributed by atoms with E-state index in [0.29, 0.717) is 5.57 Å². The summed E-state index contributed by atoms with van der Waals surface area (Å²) in [6, 6.07) is 23.4. The fourth-order valence-electron chi connectivity index (χ4n) is 6.59. The van der Waals surface area contributed by atoms with Gasteiger partial charge in [-0.25, -0.2) is 9.69 Å². The fourth-order valence-corrected chi connectivity index (χ4v) is 6.59. The first-order valence-corrected chi connectivity index (χ1v) is 21.7. The first-order chi connectivity index (χ1) is 30.2. The molecule has 0 radical (unpaired) electrons. The number of anilines is 2. The second-order valence-corrected chi connectivity index (χ2v) is 16.1. The molecule has 328 valence electrons. The average Bonchev–Trinajstić information content (AvgIpc) is 3.69. The minimum atomic E-state index is -0.790. The quantitative estimate of drug-likeness (QED) is 0.0862. The summed E-state index contributed by atoms with van der Waals surface area (Å²) in [7, 11) is 0. The first-order valence-electron chi connectivity index (χ1n) is 21.7. The second kappa shape index (κ2) is 26.3. The Balaban J connectivity index is 0.000000359. The molecule has 2 aliphatic heterocycles. The Morgan fingerprint density at radius 2 is 0.968 bits per heavy atom. The molecule has 63 heavy (non-hydrogen) atoms. The van der Waals surface area contributed by atoms with Gasteiger partial charge in [0.25, 0.3) is 0 Å². The zero-order valence-electron chi connectivity index (χ0n) is 38.6. The molecule has 0 atom stereocenters. The SMILES string of the molecule is CCCCN(CCCC)c1ccc(C=O)cc1.[C-]#[N+]C1=C(/C=C/c2ccc(N(CCCC)CCCC)cc2)C(C)(C)OC1=C(C#N)C#N.[C-]#[N+]C1=C(C)C(C)(C)OC1=C(C#N)C#N. The number of carbonyl (C=O) groups excluding carboxylic acids is 1. The zero-order valence-corrected chi connectivity index (χ0v) is 38.6. The maximum atomic E-state index is 10.6. The number of ether oxygens (including phenoxy) is 2. The van der Waals surface area contributed by atoms with E-state index in [1.807, 2.05) is 50.3 Å². The van der Waals surface area contributed by atoms with Crippen molar-refractivity contribution in [3.63, 3.8) is 0 Å². The van der Waals surface area contributed by atoms with Gasteiger partial charge in [-0.2, -0.15) is 21.0 Å². The van der Waals surface area contributed by atoms with Crippen molar-refractivity contribution in [2.45, 2.75) is 125 Å². The van der Waals surface area contributed by atoms with Crippen molar-refractivity contribution < 1.29 is 14.3 Å². The minimum absolute atomic E-state index is 0.0717. The summed E-state index contributed by atoms with van der Waals surface area (Å²) in [5.41, 5.74) is 4.40. The van der Waals surface area contributed by atoms with Crippen LogP contribution in [0.5, 0.6) is 0 Å². The first kappa shape index (κ1) is 52.1. The van der Waals surface area contributed by atoms with Crippen LogP contribution in [0, 0.1) is 58.5 Å². The van der Waals surface area contributed by atoms with Crippen LogP contribution in [-0.2, 0) is 9.47 Å². The summed E-state index contributed by atoms with van der Waals surface area (Å²) in [6.07, 6.45) is 14.3. The van der Waals surface area contributed by atoms with E-state index in [1.165, 1.54) is 62.7 Å². The number of nitrogens with zero attached hydrogens (tertiary/aromatic N) is 8. The van der Waals surface area contributed by atoms with E-state index in [1.54, 1.807) is 32.9 Å². The van der Waals surface area contributed by atoms with Gasteiger partial charge in [-0.3, -0.25) is 4.79 Å². The van der Waals surface area contributed by atoms with Gasteiger partial charge < -0.3 is 19.3 Å². The molecule has 2 aromatic rings. The molecular weight excluding hydrogens is 785 g/mol. The Bertz CT molecular complexity index is 2240. The van der Waals surface area contributed by atoms with Gasteiger partial charge in [0.1, 0.15) is 41.8 Å². The van der Waals surface area contributed by atoms with Crippen molar-refractivity contribution in [2.24, 2.45) is 0 Å². The highest BCUT2D eigenvalue weighted by Crippen LogP contribution is 2.42. The van der Waals surface area contributed by atoms with Gasteiger partial charge >= 0.3 is 0 Å². The highest BCUT2D eigenvalue weighted by molar-refractivity contribution is 5.75. The second-order valence-electron chi connectivity index (χ2n) is 16.1. The Labute approximate surface area is 376 Å². The van der Waals surface area contributed by atoms with Gasteiger partial charge in [-0.05, 0) is 108 Å². The van der Waals surface area contributed by atoms with Crippen molar-refractivity contribution in [1.29, 1.82) is 21.0 Å². The average molecular weight is 847 g/mol. The summed E-state index contributed by atoms with van der Waals surface area (Å²) in [5, 5.41) is 35.8. The number of hydrogen-bond donors (Lipinski definition) is 0. The molecule has 2 heterocycles. The number of allylic oxidation sites excluding steroid dienone is 2. The van der Waals surface area contributed by atoms with Crippen molar-refractivity contribution >= 4 is 23.7 Å². The summed E-state index contributed by atoms with van der Waals surface area (Å²) >= 11 is 0. The molecule has 0 amide bonds. The third kappa shape index (κ3) is 14.8. The summed E-state index contributed by atoms with van der Waals surface area (Å²) < 4.78 is 11.3. The summed E-state index contributed by atoms with van der Waals surface area (Å²) in [5.74, 6) is 0.181. The molecule has 11 nitrogen and oxygen atoms in total. The van der Waals surface area contributed by atoms with Crippen LogP contribution in [-0.4, -0.2) is 43.7 Å². The Morgan fingerprint density at radius 1 is 0.603 bits per heavy atom. The lowest BCUT2D eigenvalue weighted by molar-refractivity contribution is 0.0927. The van der Waals surface area contributed by atoms with Crippen LogP contribution < -0.4 is 9.80 Å². The molecule has 2 aromatic carbocycles. The van der Waals surface area contributed by atoms with Crippen molar-refractivity contribution in [2.75, 3.05) is 36.0 Å². The molecule has 2 aliphatic rings.